The average molecular weight is 1190 g/mol. The van der Waals surface area contributed by atoms with Crippen LogP contribution in [0, 0.1) is 12.3 Å². The van der Waals surface area contributed by atoms with Gasteiger partial charge in [-0.1, -0.05) is 247 Å². The molecule has 1 saturated carbocycles. The molecular weight excluding hydrogens is 1110 g/mol. The zero-order valence-corrected chi connectivity index (χ0v) is 55.1. The molecule has 0 radical (unpaired) electrons. The van der Waals surface area contributed by atoms with Crippen molar-refractivity contribution in [3.05, 3.63) is 256 Å². The lowest BCUT2D eigenvalue weighted by atomic mass is 9.33. The summed E-state index contributed by atoms with van der Waals surface area (Å²) in [6.45, 7) is 28.2. The van der Waals surface area contributed by atoms with E-state index < -0.39 is 0 Å². The maximum absolute atomic E-state index is 7.11. The number of hydrogen-bond donors (Lipinski definition) is 0. The van der Waals surface area contributed by atoms with Gasteiger partial charge in [0.2, 0.25) is 0 Å². The quantitative estimate of drug-likeness (QED) is 0.122. The smallest absolute Gasteiger partial charge is 0.252 e. The summed E-state index contributed by atoms with van der Waals surface area (Å²) in [6.07, 6.45) is 9.90. The van der Waals surface area contributed by atoms with Crippen molar-refractivity contribution in [1.29, 1.82) is 0 Å². The van der Waals surface area contributed by atoms with Crippen molar-refractivity contribution in [3.8, 4) is 0 Å². The van der Waals surface area contributed by atoms with Gasteiger partial charge in [0, 0.05) is 59.8 Å². The first-order valence-electron chi connectivity index (χ1n) is 32.8. The third-order valence-electron chi connectivity index (χ3n) is 21.4. The fourth-order valence-corrected chi connectivity index (χ4v) is 17.4. The molecule has 12 aromatic rings. The zero-order valence-electron chi connectivity index (χ0n) is 54.3. The molecule has 2 aromatic heterocycles. The molecule has 0 bridgehead atoms. The number of fused-ring (bicyclic) bond motifs is 13. The van der Waals surface area contributed by atoms with Gasteiger partial charge < -0.3 is 14.2 Å². The Bertz CT molecular complexity index is 5010. The molecule has 0 saturated heterocycles. The van der Waals surface area contributed by atoms with Gasteiger partial charge in [0.1, 0.15) is 5.58 Å². The van der Waals surface area contributed by atoms with Gasteiger partial charge in [-0.05, 0) is 174 Å². The number of anilines is 6. The summed E-state index contributed by atoms with van der Waals surface area (Å²) in [4.78, 5) is 5.23. The second-order valence-electron chi connectivity index (χ2n) is 30.1. The molecule has 0 spiro atoms. The fraction of sp³-hybridized carbons (Fsp3) is 0.247. The maximum Gasteiger partial charge on any atom is 0.252 e. The van der Waals surface area contributed by atoms with Gasteiger partial charge >= 0.3 is 0 Å². The van der Waals surface area contributed by atoms with Crippen molar-refractivity contribution < 1.29 is 4.42 Å². The van der Waals surface area contributed by atoms with Crippen molar-refractivity contribution in [3.63, 3.8) is 0 Å². The summed E-state index contributed by atoms with van der Waals surface area (Å²) >= 11 is 1.91. The summed E-state index contributed by atoms with van der Waals surface area (Å²) < 4.78 is 9.70. The minimum absolute atomic E-state index is 0.00898. The molecule has 2 atom stereocenters. The highest BCUT2D eigenvalue weighted by Gasteiger charge is 2.56. The molecule has 5 heteroatoms. The van der Waals surface area contributed by atoms with Crippen LogP contribution in [0.5, 0.6) is 0 Å². The lowest BCUT2D eigenvalue weighted by molar-refractivity contribution is 0.165. The number of benzene rings is 10. The molecule has 0 amide bonds. The van der Waals surface area contributed by atoms with Crippen molar-refractivity contribution in [1.82, 2.24) is 0 Å². The molecule has 2 aliphatic carbocycles. The molecule has 4 heterocycles. The summed E-state index contributed by atoms with van der Waals surface area (Å²) in [5.41, 5.74) is 28.4. The van der Waals surface area contributed by atoms with E-state index in [0.717, 1.165) is 44.6 Å². The van der Waals surface area contributed by atoms with E-state index in [1.54, 1.807) is 0 Å². The number of aryl methyl sites for hydroxylation is 1. The van der Waals surface area contributed by atoms with Crippen LogP contribution in [0.25, 0.3) is 65.4 Å². The standard InChI is InChI=1S/C85H79BN2OS/c1-52-45-74-78-75(46-52)88(71-26-20-24-63-61-22-14-16-28-77(61)90-80(63)71)72-49-54(48-66-64-40-39-59(83(8,9)10)51-67(64)85(12)44-18-17-43-84(66,85)11)31-41-68(72)86(78)69-42-34-56(50-73(69)87(74)70-25-19-23-62-60-21-13-15-27-76(60)89-79(62)70)65(55-32-37-58(38-33-55)82(5,6)7)47-53-29-35-57(36-30-53)81(2,3)4/h13-16,19-42,45-51H,17-18,43-44H2,1-12H3/b65-47+,66-48+. The predicted octanol–water partition coefficient (Wildman–Crippen LogP) is 22.2. The molecule has 0 N–H and O–H groups in total. The molecule has 4 aliphatic rings. The molecule has 3 nitrogen and oxygen atoms in total. The van der Waals surface area contributed by atoms with E-state index in [2.05, 4.69) is 305 Å². The van der Waals surface area contributed by atoms with Crippen LogP contribution in [-0.2, 0) is 21.7 Å². The second kappa shape index (κ2) is 20.2. The minimum Gasteiger partial charge on any atom is -0.454 e. The van der Waals surface area contributed by atoms with Gasteiger partial charge in [-0.15, -0.1) is 11.3 Å². The molecule has 2 aliphatic heterocycles. The number of para-hydroxylation sites is 2. The topological polar surface area (TPSA) is 19.6 Å². The zero-order chi connectivity index (χ0) is 62.0. The van der Waals surface area contributed by atoms with Crippen LogP contribution in [-0.4, -0.2) is 6.71 Å². The van der Waals surface area contributed by atoms with E-state index >= 15 is 0 Å². The average Bonchev–Trinajstić information content (AvgIpc) is 1.05. The molecule has 16 rings (SSSR count). The third-order valence-corrected chi connectivity index (χ3v) is 22.7. The monoisotopic (exact) mass is 1190 g/mol. The number of allylic oxidation sites excluding steroid dienone is 1. The molecule has 444 valence electrons. The Kier molecular flexibility index (Phi) is 12.7. The normalized spacial score (nSPS) is 18.6. The van der Waals surface area contributed by atoms with Crippen LogP contribution in [0.15, 0.2) is 205 Å². The summed E-state index contributed by atoms with van der Waals surface area (Å²) in [6, 6.07) is 77.1. The first kappa shape index (κ1) is 56.6. The SMILES string of the molecule is Cc1cc2c3c(c1)N(c1cccc4c1sc1ccccc14)c1cc(/C=C4\c5ccc(C(C)(C)C)cc5C5(C)CCCCC45C)ccc1B3c1ccc(/C(=C/c3ccc(C(C)(C)C)cc3)c3ccc(C(C)(C)C)cc3)cc1N2c1cccc2c1oc1ccccc12. The third kappa shape index (κ3) is 8.72. The maximum atomic E-state index is 7.11. The fourth-order valence-electron chi connectivity index (χ4n) is 16.2. The van der Waals surface area contributed by atoms with Gasteiger partial charge in [-0.3, -0.25) is 0 Å². The highest BCUT2D eigenvalue weighted by molar-refractivity contribution is 7.26. The van der Waals surface area contributed by atoms with E-state index in [1.807, 2.05) is 11.3 Å². The highest BCUT2D eigenvalue weighted by atomic mass is 32.1. The summed E-state index contributed by atoms with van der Waals surface area (Å²) in [5.74, 6) is 0. The summed E-state index contributed by atoms with van der Waals surface area (Å²) in [5, 5.41) is 4.81. The number of nitrogens with zero attached hydrogens (tertiary/aromatic N) is 2. The van der Waals surface area contributed by atoms with Gasteiger partial charge in [0.25, 0.3) is 6.71 Å². The van der Waals surface area contributed by atoms with E-state index in [0.29, 0.717) is 0 Å². The molecule has 1 fully saturated rings. The van der Waals surface area contributed by atoms with E-state index in [-0.39, 0.29) is 33.8 Å². The minimum atomic E-state index is -0.106. The van der Waals surface area contributed by atoms with Crippen LogP contribution in [0.1, 0.15) is 157 Å². The Hall–Kier alpha value is -8.64. The van der Waals surface area contributed by atoms with Crippen molar-refractivity contribution in [2.45, 2.75) is 130 Å². The van der Waals surface area contributed by atoms with Crippen molar-refractivity contribution >= 4 is 134 Å². The lowest BCUT2D eigenvalue weighted by Gasteiger charge is -2.47. The van der Waals surface area contributed by atoms with Gasteiger partial charge in [0.15, 0.2) is 5.58 Å². The van der Waals surface area contributed by atoms with Crippen molar-refractivity contribution in [2.75, 3.05) is 9.80 Å². The van der Waals surface area contributed by atoms with E-state index in [4.69, 9.17) is 4.42 Å². The van der Waals surface area contributed by atoms with Crippen LogP contribution >= 0.6 is 11.3 Å². The Morgan fingerprint density at radius 2 is 1.06 bits per heavy atom. The van der Waals surface area contributed by atoms with Crippen molar-refractivity contribution in [2.24, 2.45) is 5.41 Å². The number of thiophene rings is 1. The Morgan fingerprint density at radius 3 is 1.77 bits per heavy atom. The predicted molar refractivity (Wildman–Crippen MR) is 390 cm³/mol. The Morgan fingerprint density at radius 1 is 0.489 bits per heavy atom. The molecule has 10 aromatic carbocycles. The first-order chi connectivity index (χ1) is 43.1. The van der Waals surface area contributed by atoms with Gasteiger partial charge in [0.05, 0.1) is 16.1 Å². The molecular formula is C85H79BN2OS. The number of furan rings is 1. The number of hydrogen-bond acceptors (Lipinski definition) is 4. The van der Waals surface area contributed by atoms with Crippen LogP contribution in [0.2, 0.25) is 0 Å². The van der Waals surface area contributed by atoms with Crippen LogP contribution in [0.3, 0.4) is 0 Å². The lowest BCUT2D eigenvalue weighted by Crippen LogP contribution is -2.61. The van der Waals surface area contributed by atoms with E-state index in [9.17, 15) is 0 Å². The second-order valence-corrected chi connectivity index (χ2v) is 31.2. The molecule has 90 heavy (non-hydrogen) atoms. The molecule has 2 unspecified atom stereocenters. The van der Waals surface area contributed by atoms with Gasteiger partial charge in [-0.2, -0.15) is 0 Å². The summed E-state index contributed by atoms with van der Waals surface area (Å²) in [7, 11) is 0. The first-order valence-corrected chi connectivity index (χ1v) is 33.6. The van der Waals surface area contributed by atoms with Crippen LogP contribution < -0.4 is 26.2 Å². The Balaban J connectivity index is 0.969. The largest absolute Gasteiger partial charge is 0.454 e. The highest BCUT2D eigenvalue weighted by Crippen LogP contribution is 2.65. The Labute approximate surface area is 536 Å². The van der Waals surface area contributed by atoms with Gasteiger partial charge in [-0.25, -0.2) is 0 Å². The number of rotatable bonds is 6. The van der Waals surface area contributed by atoms with E-state index in [1.165, 1.54) is 141 Å². The van der Waals surface area contributed by atoms with Crippen LogP contribution in [0.4, 0.5) is 34.1 Å².